The molecule has 1 fully saturated rings. The van der Waals surface area contributed by atoms with E-state index in [1.807, 2.05) is 35.8 Å². The van der Waals surface area contributed by atoms with Gasteiger partial charge in [-0.2, -0.15) is 0 Å². The molecule has 1 aromatic carbocycles. The number of nitrogens with two attached hydrogens (primary N) is 1. The van der Waals surface area contributed by atoms with Crippen molar-refractivity contribution in [2.75, 3.05) is 37.6 Å². The Morgan fingerprint density at radius 2 is 2.04 bits per heavy atom. The number of anilines is 1. The quantitative estimate of drug-likeness (QED) is 0.338. The first-order valence-corrected chi connectivity index (χ1v) is 9.30. The van der Waals surface area contributed by atoms with Crippen LogP contribution >= 0.6 is 35.3 Å². The Balaban J connectivity index is 0.00000196. The van der Waals surface area contributed by atoms with Crippen molar-refractivity contribution < 1.29 is 0 Å². The molecule has 3 N–H and O–H groups in total. The molecule has 7 nitrogen and oxygen atoms in total. The molecule has 4 rings (SSSR count). The summed E-state index contributed by atoms with van der Waals surface area (Å²) in [6.45, 7) is 4.23. The van der Waals surface area contributed by atoms with Crippen LogP contribution in [0.5, 0.6) is 0 Å². The number of aromatic amines is 1. The van der Waals surface area contributed by atoms with E-state index in [0.717, 1.165) is 54.6 Å². The van der Waals surface area contributed by atoms with Gasteiger partial charge in [-0.15, -0.1) is 35.3 Å². The van der Waals surface area contributed by atoms with Crippen LogP contribution in [-0.2, 0) is 6.42 Å². The van der Waals surface area contributed by atoms with Gasteiger partial charge in [0.2, 0.25) is 0 Å². The number of thiazole rings is 1. The van der Waals surface area contributed by atoms with Crippen molar-refractivity contribution in [3.8, 4) is 0 Å². The van der Waals surface area contributed by atoms with Crippen LogP contribution in [0.1, 0.15) is 5.82 Å². The first-order valence-electron chi connectivity index (χ1n) is 8.42. The Labute approximate surface area is 173 Å². The standard InChI is InChI=1S/C17H21N7S.HI/c18-16(23-8-10-24(11-9-23)17-20-7-12-25-17)19-6-5-15-21-13-3-1-2-4-14(13)22-15;/h1-4,7,12H,5-6,8-11H2,(H2,18,19)(H,21,22);1H. The maximum Gasteiger partial charge on any atom is 0.191 e. The van der Waals surface area contributed by atoms with E-state index in [1.165, 1.54) is 0 Å². The zero-order valence-corrected chi connectivity index (χ0v) is 17.5. The molecule has 0 radical (unpaired) electrons. The number of hydrogen-bond donors (Lipinski definition) is 2. The Bertz CT molecular complexity index is 820. The Morgan fingerprint density at radius 3 is 2.77 bits per heavy atom. The van der Waals surface area contributed by atoms with Crippen LogP contribution in [0.15, 0.2) is 40.8 Å². The van der Waals surface area contributed by atoms with Gasteiger partial charge < -0.3 is 20.5 Å². The van der Waals surface area contributed by atoms with E-state index in [4.69, 9.17) is 5.73 Å². The molecule has 0 amide bonds. The van der Waals surface area contributed by atoms with Gasteiger partial charge >= 0.3 is 0 Å². The molecule has 0 unspecified atom stereocenters. The smallest absolute Gasteiger partial charge is 0.191 e. The molecule has 0 saturated carbocycles. The average Bonchev–Trinajstić information content (AvgIpc) is 3.31. The van der Waals surface area contributed by atoms with Crippen LogP contribution in [0.25, 0.3) is 11.0 Å². The summed E-state index contributed by atoms with van der Waals surface area (Å²) in [7, 11) is 0. The molecule has 9 heteroatoms. The normalized spacial score (nSPS) is 15.3. The third kappa shape index (κ3) is 4.26. The van der Waals surface area contributed by atoms with Crippen LogP contribution in [0.2, 0.25) is 0 Å². The zero-order valence-electron chi connectivity index (χ0n) is 14.3. The number of piperazine rings is 1. The fraction of sp³-hybridized carbons (Fsp3) is 0.353. The van der Waals surface area contributed by atoms with Gasteiger partial charge in [0.05, 0.1) is 11.0 Å². The minimum absolute atomic E-state index is 0. The molecule has 3 aromatic rings. The van der Waals surface area contributed by atoms with Crippen LogP contribution < -0.4 is 10.6 Å². The first kappa shape index (κ1) is 18.9. The third-order valence-corrected chi connectivity index (χ3v) is 5.19. The molecule has 0 atom stereocenters. The lowest BCUT2D eigenvalue weighted by Crippen LogP contribution is -2.51. The highest BCUT2D eigenvalue weighted by Crippen LogP contribution is 2.18. The lowest BCUT2D eigenvalue weighted by atomic mass is 10.3. The summed E-state index contributed by atoms with van der Waals surface area (Å²) in [5, 5.41) is 3.09. The van der Waals surface area contributed by atoms with Gasteiger partial charge in [0, 0.05) is 50.7 Å². The number of benzene rings is 1. The summed E-state index contributed by atoms with van der Waals surface area (Å²) in [5.41, 5.74) is 8.22. The molecule has 0 aliphatic carbocycles. The van der Waals surface area contributed by atoms with Crippen molar-refractivity contribution in [1.82, 2.24) is 19.9 Å². The topological polar surface area (TPSA) is 86.4 Å². The number of imidazole rings is 1. The first-order chi connectivity index (χ1) is 12.3. The minimum atomic E-state index is 0. The molecular weight excluding hydrogens is 461 g/mol. The van der Waals surface area contributed by atoms with E-state index < -0.39 is 0 Å². The fourth-order valence-electron chi connectivity index (χ4n) is 3.00. The van der Waals surface area contributed by atoms with E-state index in [2.05, 4.69) is 29.7 Å². The van der Waals surface area contributed by atoms with Gasteiger partial charge in [0.25, 0.3) is 0 Å². The maximum atomic E-state index is 6.17. The number of nitrogens with zero attached hydrogens (tertiary/aromatic N) is 5. The highest BCUT2D eigenvalue weighted by molar-refractivity contribution is 14.0. The van der Waals surface area contributed by atoms with Crippen molar-refractivity contribution in [3.63, 3.8) is 0 Å². The number of H-pyrrole nitrogens is 1. The molecule has 1 aliphatic rings. The second kappa shape index (κ2) is 8.67. The van der Waals surface area contributed by atoms with Gasteiger partial charge in [-0.3, -0.25) is 4.99 Å². The summed E-state index contributed by atoms with van der Waals surface area (Å²) in [6.07, 6.45) is 2.61. The van der Waals surface area contributed by atoms with Crippen molar-refractivity contribution in [3.05, 3.63) is 41.7 Å². The maximum absolute atomic E-state index is 6.17. The highest BCUT2D eigenvalue weighted by atomic mass is 127. The zero-order chi connectivity index (χ0) is 17.1. The predicted octanol–water partition coefficient (Wildman–Crippen LogP) is 2.32. The summed E-state index contributed by atoms with van der Waals surface area (Å²) in [6, 6.07) is 8.04. The van der Waals surface area contributed by atoms with Crippen LogP contribution in [0.3, 0.4) is 0 Å². The number of fused-ring (bicyclic) bond motifs is 1. The van der Waals surface area contributed by atoms with Gasteiger partial charge in [0.1, 0.15) is 5.82 Å². The molecule has 3 heterocycles. The van der Waals surface area contributed by atoms with Crippen LogP contribution in [0, 0.1) is 0 Å². The SMILES string of the molecule is I.NC(=NCCc1nc2ccccc2[nH]1)N1CCN(c2nccs2)CC1. The minimum Gasteiger partial charge on any atom is -0.370 e. The number of rotatable bonds is 4. The van der Waals surface area contributed by atoms with Gasteiger partial charge in [-0.05, 0) is 12.1 Å². The monoisotopic (exact) mass is 483 g/mol. The molecule has 0 bridgehead atoms. The summed E-state index contributed by atoms with van der Waals surface area (Å²) in [4.78, 5) is 21.2. The molecule has 138 valence electrons. The predicted molar refractivity (Wildman–Crippen MR) is 118 cm³/mol. The lowest BCUT2D eigenvalue weighted by molar-refractivity contribution is 0.380. The van der Waals surface area contributed by atoms with E-state index in [-0.39, 0.29) is 24.0 Å². The second-order valence-electron chi connectivity index (χ2n) is 5.98. The van der Waals surface area contributed by atoms with Crippen molar-refractivity contribution in [1.29, 1.82) is 0 Å². The molecule has 0 spiro atoms. The summed E-state index contributed by atoms with van der Waals surface area (Å²) >= 11 is 1.68. The van der Waals surface area contributed by atoms with Crippen molar-refractivity contribution in [2.45, 2.75) is 6.42 Å². The average molecular weight is 483 g/mol. The Hall–Kier alpha value is -1.88. The lowest BCUT2D eigenvalue weighted by Gasteiger charge is -2.35. The number of para-hydroxylation sites is 2. The molecule has 2 aromatic heterocycles. The summed E-state index contributed by atoms with van der Waals surface area (Å²) in [5.74, 6) is 1.57. The number of nitrogens with one attached hydrogen (secondary N) is 1. The van der Waals surface area contributed by atoms with Crippen molar-refractivity contribution in [2.24, 2.45) is 10.7 Å². The molecule has 1 aliphatic heterocycles. The van der Waals surface area contributed by atoms with E-state index >= 15 is 0 Å². The van der Waals surface area contributed by atoms with Crippen LogP contribution in [-0.4, -0.2) is 58.5 Å². The Morgan fingerprint density at radius 1 is 1.23 bits per heavy atom. The molecule has 1 saturated heterocycles. The fourth-order valence-corrected chi connectivity index (χ4v) is 3.70. The van der Waals surface area contributed by atoms with E-state index in [9.17, 15) is 0 Å². The van der Waals surface area contributed by atoms with E-state index in [1.54, 1.807) is 11.3 Å². The number of aliphatic imine (C=N–C) groups is 1. The van der Waals surface area contributed by atoms with Crippen molar-refractivity contribution >= 4 is 57.4 Å². The largest absolute Gasteiger partial charge is 0.370 e. The number of halogens is 1. The van der Waals surface area contributed by atoms with Gasteiger partial charge in [-0.25, -0.2) is 9.97 Å². The summed E-state index contributed by atoms with van der Waals surface area (Å²) < 4.78 is 0. The Kier molecular flexibility index (Phi) is 6.30. The number of aromatic nitrogens is 3. The van der Waals surface area contributed by atoms with Crippen LogP contribution in [0.4, 0.5) is 5.13 Å². The van der Waals surface area contributed by atoms with E-state index in [0.29, 0.717) is 12.5 Å². The van der Waals surface area contributed by atoms with Gasteiger partial charge in [0.15, 0.2) is 11.1 Å². The number of hydrogen-bond acceptors (Lipinski definition) is 5. The second-order valence-corrected chi connectivity index (χ2v) is 6.85. The number of guanidine groups is 1. The highest BCUT2D eigenvalue weighted by Gasteiger charge is 2.19. The third-order valence-electron chi connectivity index (χ3n) is 4.35. The molecule has 26 heavy (non-hydrogen) atoms. The molecular formula is C17H22IN7S. The van der Waals surface area contributed by atoms with Gasteiger partial charge in [-0.1, -0.05) is 12.1 Å².